The van der Waals surface area contributed by atoms with Gasteiger partial charge in [0.25, 0.3) is 0 Å². The lowest BCUT2D eigenvalue weighted by atomic mass is 9.45. The Hall–Kier alpha value is -0.0800. The second kappa shape index (κ2) is 8.34. The third-order valence-corrected chi connectivity index (χ3v) is 9.87. The SMILES string of the molecule is C[C@]12CCCC[C@@H]1CC[C@@H]1[C@@H]2CC[C@]2(C)[C@@H](OCCCCCCO)CC[C@@H]12. The Bertz CT molecular complexity index is 491. The normalized spacial score (nSPS) is 46.6. The van der Waals surface area contributed by atoms with Crippen LogP contribution in [-0.2, 0) is 4.74 Å². The Morgan fingerprint density at radius 2 is 1.59 bits per heavy atom. The monoisotopic (exact) mass is 376 g/mol. The van der Waals surface area contributed by atoms with Crippen LogP contribution in [0.15, 0.2) is 0 Å². The quantitative estimate of drug-likeness (QED) is 0.524. The summed E-state index contributed by atoms with van der Waals surface area (Å²) in [5.41, 5.74) is 1.11. The van der Waals surface area contributed by atoms with Gasteiger partial charge >= 0.3 is 0 Å². The van der Waals surface area contributed by atoms with Gasteiger partial charge in [-0.1, -0.05) is 39.5 Å². The van der Waals surface area contributed by atoms with Crippen molar-refractivity contribution in [1.82, 2.24) is 0 Å². The standard InChI is InChI=1S/C25H44O2/c1-24-15-6-5-9-19(24)10-11-20-21-12-13-23(25(21,2)16-14-22(20)24)27-18-8-4-3-7-17-26/h19-23,26H,3-18H2,1-2H3/t19-,20+,21+,22+,23+,24+,25+/m1/s1. The first-order valence-electron chi connectivity index (χ1n) is 12.3. The van der Waals surface area contributed by atoms with Gasteiger partial charge in [-0.2, -0.15) is 0 Å². The minimum absolute atomic E-state index is 0.339. The first kappa shape index (κ1) is 20.2. The van der Waals surface area contributed by atoms with Gasteiger partial charge in [-0.3, -0.25) is 0 Å². The van der Waals surface area contributed by atoms with Crippen LogP contribution in [0.2, 0.25) is 0 Å². The first-order chi connectivity index (χ1) is 13.1. The third-order valence-electron chi connectivity index (χ3n) is 9.87. The van der Waals surface area contributed by atoms with E-state index in [1.54, 1.807) is 0 Å². The minimum atomic E-state index is 0.339. The maximum absolute atomic E-state index is 8.91. The van der Waals surface area contributed by atoms with E-state index in [0.717, 1.165) is 43.1 Å². The van der Waals surface area contributed by atoms with Crippen LogP contribution in [0.5, 0.6) is 0 Å². The van der Waals surface area contributed by atoms with Crippen LogP contribution >= 0.6 is 0 Å². The predicted octanol–water partition coefficient (Wildman–Crippen LogP) is 6.36. The summed E-state index contributed by atoms with van der Waals surface area (Å²) in [6.07, 6.45) is 19.6. The van der Waals surface area contributed by atoms with Crippen LogP contribution in [-0.4, -0.2) is 24.4 Å². The lowest BCUT2D eigenvalue weighted by molar-refractivity contribution is -0.130. The zero-order valence-corrected chi connectivity index (χ0v) is 18.1. The largest absolute Gasteiger partial charge is 0.396 e. The number of aliphatic hydroxyl groups excluding tert-OH is 1. The van der Waals surface area contributed by atoms with E-state index in [9.17, 15) is 0 Å². The Kier molecular flexibility index (Phi) is 6.24. The summed E-state index contributed by atoms with van der Waals surface area (Å²) in [5.74, 6) is 3.95. The van der Waals surface area contributed by atoms with Crippen LogP contribution < -0.4 is 0 Å². The van der Waals surface area contributed by atoms with Crippen molar-refractivity contribution in [2.45, 2.75) is 110 Å². The van der Waals surface area contributed by atoms with E-state index in [0.29, 0.717) is 23.5 Å². The molecular formula is C25H44O2. The van der Waals surface area contributed by atoms with E-state index >= 15 is 0 Å². The van der Waals surface area contributed by atoms with Gasteiger partial charge in [0.05, 0.1) is 6.10 Å². The summed E-state index contributed by atoms with van der Waals surface area (Å²) in [4.78, 5) is 0. The van der Waals surface area contributed by atoms with Crippen LogP contribution in [0, 0.1) is 34.5 Å². The van der Waals surface area contributed by atoms with E-state index in [-0.39, 0.29) is 0 Å². The molecule has 0 spiro atoms. The maximum atomic E-state index is 8.91. The number of hydrogen-bond acceptors (Lipinski definition) is 2. The zero-order valence-electron chi connectivity index (χ0n) is 18.1. The van der Waals surface area contributed by atoms with Gasteiger partial charge in [0.2, 0.25) is 0 Å². The molecule has 0 aromatic rings. The summed E-state index contributed by atoms with van der Waals surface area (Å²) in [6, 6.07) is 0. The summed E-state index contributed by atoms with van der Waals surface area (Å²) in [5, 5.41) is 8.91. The lowest BCUT2D eigenvalue weighted by Crippen LogP contribution is -2.53. The Labute approximate surface area is 167 Å². The van der Waals surface area contributed by atoms with E-state index < -0.39 is 0 Å². The average molecular weight is 377 g/mol. The van der Waals surface area contributed by atoms with Crippen molar-refractivity contribution in [3.63, 3.8) is 0 Å². The van der Waals surface area contributed by atoms with Gasteiger partial charge in [0, 0.05) is 13.2 Å². The Balaban J connectivity index is 1.36. The van der Waals surface area contributed by atoms with Gasteiger partial charge in [-0.15, -0.1) is 0 Å². The molecule has 4 fully saturated rings. The summed E-state index contributed by atoms with van der Waals surface area (Å²) < 4.78 is 6.50. The highest BCUT2D eigenvalue weighted by molar-refractivity contribution is 5.09. The van der Waals surface area contributed by atoms with E-state index in [2.05, 4.69) is 13.8 Å². The second-order valence-corrected chi connectivity index (χ2v) is 11.0. The zero-order chi connectivity index (χ0) is 18.9. The predicted molar refractivity (Wildman–Crippen MR) is 112 cm³/mol. The fraction of sp³-hybridized carbons (Fsp3) is 1.00. The molecular weight excluding hydrogens is 332 g/mol. The fourth-order valence-corrected chi connectivity index (χ4v) is 8.31. The Morgan fingerprint density at radius 1 is 0.778 bits per heavy atom. The van der Waals surface area contributed by atoms with Gasteiger partial charge in [-0.05, 0) is 98.7 Å². The van der Waals surface area contributed by atoms with Crippen molar-refractivity contribution in [3.8, 4) is 0 Å². The first-order valence-corrected chi connectivity index (χ1v) is 12.3. The van der Waals surface area contributed by atoms with E-state index in [1.807, 2.05) is 0 Å². The second-order valence-electron chi connectivity index (χ2n) is 11.0. The number of rotatable bonds is 7. The molecule has 0 amide bonds. The molecule has 2 heteroatoms. The smallest absolute Gasteiger partial charge is 0.0631 e. The molecule has 4 aliphatic rings. The molecule has 0 saturated heterocycles. The molecule has 7 atom stereocenters. The molecule has 0 aromatic carbocycles. The molecule has 27 heavy (non-hydrogen) atoms. The maximum Gasteiger partial charge on any atom is 0.0631 e. The van der Waals surface area contributed by atoms with Crippen molar-refractivity contribution in [2.75, 3.05) is 13.2 Å². The molecule has 0 heterocycles. The molecule has 1 N–H and O–H groups in total. The molecule has 4 aliphatic carbocycles. The molecule has 0 radical (unpaired) electrons. The highest BCUT2D eigenvalue weighted by Crippen LogP contribution is 2.66. The van der Waals surface area contributed by atoms with Crippen LogP contribution in [0.25, 0.3) is 0 Å². The third kappa shape index (κ3) is 3.63. The van der Waals surface area contributed by atoms with Crippen molar-refractivity contribution >= 4 is 0 Å². The van der Waals surface area contributed by atoms with Crippen molar-refractivity contribution in [2.24, 2.45) is 34.5 Å². The molecule has 4 rings (SSSR count). The Morgan fingerprint density at radius 3 is 2.44 bits per heavy atom. The summed E-state index contributed by atoms with van der Waals surface area (Å²) in [6.45, 7) is 6.55. The van der Waals surface area contributed by atoms with Crippen molar-refractivity contribution in [1.29, 1.82) is 0 Å². The average Bonchev–Trinajstić information content (AvgIpc) is 3.00. The van der Waals surface area contributed by atoms with Crippen LogP contribution in [0.1, 0.15) is 104 Å². The molecule has 0 bridgehead atoms. The van der Waals surface area contributed by atoms with Gasteiger partial charge in [-0.25, -0.2) is 0 Å². The summed E-state index contributed by atoms with van der Waals surface area (Å²) >= 11 is 0. The van der Waals surface area contributed by atoms with Gasteiger partial charge < -0.3 is 9.84 Å². The lowest BCUT2D eigenvalue weighted by Gasteiger charge is -2.60. The van der Waals surface area contributed by atoms with Crippen molar-refractivity contribution in [3.05, 3.63) is 0 Å². The number of fused-ring (bicyclic) bond motifs is 5. The number of ether oxygens (including phenoxy) is 1. The fourth-order valence-electron chi connectivity index (χ4n) is 8.31. The van der Waals surface area contributed by atoms with Gasteiger partial charge in [0.15, 0.2) is 0 Å². The molecule has 2 nitrogen and oxygen atoms in total. The highest BCUT2D eigenvalue weighted by Gasteiger charge is 2.59. The highest BCUT2D eigenvalue weighted by atomic mass is 16.5. The minimum Gasteiger partial charge on any atom is -0.396 e. The molecule has 0 aliphatic heterocycles. The summed E-state index contributed by atoms with van der Waals surface area (Å²) in [7, 11) is 0. The van der Waals surface area contributed by atoms with Crippen molar-refractivity contribution < 1.29 is 9.84 Å². The van der Waals surface area contributed by atoms with Gasteiger partial charge in [0.1, 0.15) is 0 Å². The molecule has 0 aromatic heterocycles. The topological polar surface area (TPSA) is 29.5 Å². The van der Waals surface area contributed by atoms with E-state index in [4.69, 9.17) is 9.84 Å². The number of aliphatic hydroxyl groups is 1. The molecule has 4 saturated carbocycles. The van der Waals surface area contributed by atoms with E-state index in [1.165, 1.54) is 77.0 Å². The molecule has 156 valence electrons. The molecule has 0 unspecified atom stereocenters. The number of unbranched alkanes of at least 4 members (excludes halogenated alkanes) is 3. The van der Waals surface area contributed by atoms with Crippen LogP contribution in [0.3, 0.4) is 0 Å². The number of hydrogen-bond donors (Lipinski definition) is 1. The van der Waals surface area contributed by atoms with Crippen LogP contribution in [0.4, 0.5) is 0 Å².